The quantitative estimate of drug-likeness (QED) is 0.567. The van der Waals surface area contributed by atoms with Crippen LogP contribution in [0.1, 0.15) is 30.1 Å². The van der Waals surface area contributed by atoms with Crippen molar-refractivity contribution < 1.29 is 14.7 Å². The van der Waals surface area contributed by atoms with E-state index in [2.05, 4.69) is 4.98 Å². The zero-order valence-corrected chi connectivity index (χ0v) is 19.5. The van der Waals surface area contributed by atoms with Gasteiger partial charge in [0, 0.05) is 55.1 Å². The van der Waals surface area contributed by atoms with Gasteiger partial charge in [0.1, 0.15) is 0 Å². The first kappa shape index (κ1) is 22.8. The summed E-state index contributed by atoms with van der Waals surface area (Å²) >= 11 is 0. The molecule has 2 aromatic heterocycles. The molecule has 1 aromatic carbocycles. The maximum absolute atomic E-state index is 13.4. The lowest BCUT2D eigenvalue weighted by Gasteiger charge is -2.50. The van der Waals surface area contributed by atoms with E-state index in [1.807, 2.05) is 30.0 Å². The first-order valence-electron chi connectivity index (χ1n) is 11.8. The maximum atomic E-state index is 13.4. The number of likely N-dealkylation sites (tertiary alicyclic amines) is 1. The summed E-state index contributed by atoms with van der Waals surface area (Å²) in [7, 11) is 0. The summed E-state index contributed by atoms with van der Waals surface area (Å²) < 4.78 is 1.63. The number of carbonyl (C=O) groups excluding carboxylic acids is 1. The lowest BCUT2D eigenvalue weighted by Crippen LogP contribution is -2.63. The molecule has 2 aliphatic rings. The fourth-order valence-corrected chi connectivity index (χ4v) is 5.48. The summed E-state index contributed by atoms with van der Waals surface area (Å²) in [6.45, 7) is 3.11. The fourth-order valence-electron chi connectivity index (χ4n) is 5.48. The third-order valence-corrected chi connectivity index (χ3v) is 7.35. The van der Waals surface area contributed by atoms with Crippen LogP contribution in [0.25, 0.3) is 11.3 Å². The van der Waals surface area contributed by atoms with Crippen LogP contribution in [0.5, 0.6) is 0 Å². The predicted molar refractivity (Wildman–Crippen MR) is 131 cm³/mol. The molecule has 1 fully saturated rings. The van der Waals surface area contributed by atoms with Crippen LogP contribution in [-0.4, -0.2) is 61.6 Å². The number of carboxylic acid groups (broad SMARTS) is 1. The Morgan fingerprint density at radius 2 is 1.89 bits per heavy atom. The van der Waals surface area contributed by atoms with Crippen molar-refractivity contribution in [3.05, 3.63) is 76.8 Å². The van der Waals surface area contributed by atoms with Crippen molar-refractivity contribution in [3.63, 3.8) is 0 Å². The van der Waals surface area contributed by atoms with Crippen LogP contribution in [0.2, 0.25) is 0 Å². The van der Waals surface area contributed by atoms with E-state index in [0.29, 0.717) is 36.7 Å². The smallest absolute Gasteiger partial charge is 0.407 e. The Morgan fingerprint density at radius 3 is 2.54 bits per heavy atom. The molecular formula is C26H27N5O4. The van der Waals surface area contributed by atoms with E-state index in [0.717, 1.165) is 12.0 Å². The standard InChI is InChI=1S/C26H27N5O4/c1-2-20-15-30-23(33)14-21(18-8-11-27-12-9-18)28-24(30)31(16-22(32)19-6-4-3-5-7-19)26(20)10-13-29(17-26)25(34)35/h3-9,11-12,14,20H,2,10,13,15-17H2,1H3,(H,34,35). The number of pyridine rings is 1. The second kappa shape index (κ2) is 8.98. The third kappa shape index (κ3) is 3.96. The lowest BCUT2D eigenvalue weighted by molar-refractivity contribution is 0.0971. The van der Waals surface area contributed by atoms with Gasteiger partial charge in [-0.1, -0.05) is 37.3 Å². The number of ketones is 1. The molecule has 9 nitrogen and oxygen atoms in total. The minimum atomic E-state index is -0.979. The van der Waals surface area contributed by atoms with Crippen LogP contribution in [0.3, 0.4) is 0 Å². The number of aromatic nitrogens is 3. The molecule has 0 bridgehead atoms. The molecule has 1 saturated heterocycles. The van der Waals surface area contributed by atoms with Crippen molar-refractivity contribution in [2.45, 2.75) is 31.8 Å². The molecule has 1 amide bonds. The predicted octanol–water partition coefficient (Wildman–Crippen LogP) is 3.16. The molecule has 0 saturated carbocycles. The normalized spacial score (nSPS) is 21.2. The van der Waals surface area contributed by atoms with Crippen molar-refractivity contribution >= 4 is 17.8 Å². The van der Waals surface area contributed by atoms with E-state index in [1.54, 1.807) is 41.2 Å². The number of anilines is 1. The van der Waals surface area contributed by atoms with Gasteiger partial charge in [-0.3, -0.25) is 19.1 Å². The van der Waals surface area contributed by atoms with Gasteiger partial charge in [0.05, 0.1) is 17.8 Å². The van der Waals surface area contributed by atoms with Crippen molar-refractivity contribution in [1.82, 2.24) is 19.4 Å². The molecule has 180 valence electrons. The van der Waals surface area contributed by atoms with Gasteiger partial charge < -0.3 is 14.9 Å². The second-order valence-electron chi connectivity index (χ2n) is 9.16. The third-order valence-electron chi connectivity index (χ3n) is 7.35. The molecule has 2 aliphatic heterocycles. The molecule has 9 heteroatoms. The maximum Gasteiger partial charge on any atom is 0.407 e. The van der Waals surface area contributed by atoms with Gasteiger partial charge in [0.2, 0.25) is 5.95 Å². The van der Waals surface area contributed by atoms with Crippen molar-refractivity contribution in [2.24, 2.45) is 5.92 Å². The Morgan fingerprint density at radius 1 is 1.14 bits per heavy atom. The number of hydrogen-bond donors (Lipinski definition) is 1. The highest BCUT2D eigenvalue weighted by atomic mass is 16.4. The Kier molecular flexibility index (Phi) is 5.84. The molecule has 1 spiro atoms. The SMILES string of the molecule is CCC1Cn2c(nc(-c3ccncc3)cc2=O)N(CC(=O)c2ccccc2)C12CCN(C(=O)O)C2. The molecular weight excluding hydrogens is 446 g/mol. The van der Waals surface area contributed by atoms with E-state index in [4.69, 9.17) is 4.98 Å². The Bertz CT molecular complexity index is 1310. The van der Waals surface area contributed by atoms with Crippen LogP contribution < -0.4 is 10.5 Å². The highest BCUT2D eigenvalue weighted by molar-refractivity contribution is 5.99. The topological polar surface area (TPSA) is 109 Å². The van der Waals surface area contributed by atoms with Gasteiger partial charge in [-0.05, 0) is 25.0 Å². The summed E-state index contributed by atoms with van der Waals surface area (Å²) in [6, 6.07) is 14.1. The minimum absolute atomic E-state index is 0.000209. The van der Waals surface area contributed by atoms with Crippen LogP contribution in [0.15, 0.2) is 65.7 Å². The van der Waals surface area contributed by atoms with E-state index in [1.165, 1.54) is 11.0 Å². The number of benzene rings is 1. The Labute approximate surface area is 202 Å². The van der Waals surface area contributed by atoms with E-state index < -0.39 is 11.6 Å². The van der Waals surface area contributed by atoms with Crippen LogP contribution in [0, 0.1) is 5.92 Å². The molecule has 5 rings (SSSR count). The average molecular weight is 474 g/mol. The Hall–Kier alpha value is -4.01. The molecule has 35 heavy (non-hydrogen) atoms. The first-order chi connectivity index (χ1) is 16.9. The number of carbonyl (C=O) groups is 2. The number of amides is 1. The van der Waals surface area contributed by atoms with Crippen LogP contribution in [-0.2, 0) is 6.54 Å². The number of fused-ring (bicyclic) bond motifs is 1. The van der Waals surface area contributed by atoms with Crippen molar-refractivity contribution in [1.29, 1.82) is 0 Å². The lowest BCUT2D eigenvalue weighted by atomic mass is 9.77. The average Bonchev–Trinajstić information content (AvgIpc) is 3.33. The van der Waals surface area contributed by atoms with Gasteiger partial charge in [-0.2, -0.15) is 0 Å². The summed E-state index contributed by atoms with van der Waals surface area (Å²) in [5, 5.41) is 9.73. The highest BCUT2D eigenvalue weighted by Crippen LogP contribution is 2.43. The zero-order valence-electron chi connectivity index (χ0n) is 19.5. The van der Waals surface area contributed by atoms with Gasteiger partial charge in [0.15, 0.2) is 5.78 Å². The second-order valence-corrected chi connectivity index (χ2v) is 9.16. The van der Waals surface area contributed by atoms with E-state index in [-0.39, 0.29) is 30.3 Å². The molecule has 2 atom stereocenters. The number of Topliss-reactive ketones (excluding diaryl/α,β-unsaturated/α-hetero) is 1. The molecule has 0 aliphatic carbocycles. The van der Waals surface area contributed by atoms with Crippen molar-refractivity contribution in [3.8, 4) is 11.3 Å². The summed E-state index contributed by atoms with van der Waals surface area (Å²) in [4.78, 5) is 50.8. The number of hydrogen-bond acceptors (Lipinski definition) is 6. The van der Waals surface area contributed by atoms with Gasteiger partial charge in [-0.25, -0.2) is 9.78 Å². The molecule has 4 heterocycles. The van der Waals surface area contributed by atoms with E-state index >= 15 is 0 Å². The van der Waals surface area contributed by atoms with Crippen LogP contribution >= 0.6 is 0 Å². The highest BCUT2D eigenvalue weighted by Gasteiger charge is 2.53. The van der Waals surface area contributed by atoms with Gasteiger partial charge in [-0.15, -0.1) is 0 Å². The monoisotopic (exact) mass is 473 g/mol. The summed E-state index contributed by atoms with van der Waals surface area (Å²) in [5.41, 5.74) is 0.987. The minimum Gasteiger partial charge on any atom is -0.465 e. The molecule has 1 N–H and O–H groups in total. The number of nitrogens with zero attached hydrogens (tertiary/aromatic N) is 5. The molecule has 0 radical (unpaired) electrons. The largest absolute Gasteiger partial charge is 0.465 e. The summed E-state index contributed by atoms with van der Waals surface area (Å²) in [5.74, 6) is 0.283. The zero-order chi connectivity index (χ0) is 24.6. The summed E-state index contributed by atoms with van der Waals surface area (Å²) in [6.07, 6.45) is 3.60. The van der Waals surface area contributed by atoms with Gasteiger partial charge in [0.25, 0.3) is 5.56 Å². The molecule has 3 aromatic rings. The molecule has 2 unspecified atom stereocenters. The van der Waals surface area contributed by atoms with Gasteiger partial charge >= 0.3 is 6.09 Å². The Balaban J connectivity index is 1.66. The first-order valence-corrected chi connectivity index (χ1v) is 11.8. The van der Waals surface area contributed by atoms with Crippen molar-refractivity contribution in [2.75, 3.05) is 24.5 Å². The van der Waals surface area contributed by atoms with Crippen LogP contribution in [0.4, 0.5) is 10.7 Å². The fraction of sp³-hybridized carbons (Fsp3) is 0.346. The number of rotatable bonds is 5. The van der Waals surface area contributed by atoms with E-state index in [9.17, 15) is 19.5 Å².